The molecule has 0 unspecified atom stereocenters. The zero-order valence-electron chi connectivity index (χ0n) is 10.3. The third-order valence-electron chi connectivity index (χ3n) is 2.89. The van der Waals surface area contributed by atoms with E-state index < -0.39 is 0 Å². The van der Waals surface area contributed by atoms with Crippen molar-refractivity contribution >= 4 is 32.7 Å². The molecule has 0 radical (unpaired) electrons. The molecule has 3 aromatic rings. The van der Waals surface area contributed by atoms with Crippen LogP contribution in [-0.2, 0) is 13.5 Å². The van der Waals surface area contributed by atoms with Gasteiger partial charge in [-0.25, -0.2) is 0 Å². The molecule has 0 aliphatic rings. The number of ketones is 1. The number of furan rings is 1. The minimum atomic E-state index is -0.0453. The van der Waals surface area contributed by atoms with Crippen LogP contribution in [0.25, 0.3) is 11.0 Å². The third-order valence-corrected chi connectivity index (χ3v) is 3.52. The van der Waals surface area contributed by atoms with Gasteiger partial charge < -0.3 is 4.42 Å². The third kappa shape index (κ3) is 2.33. The van der Waals surface area contributed by atoms with Gasteiger partial charge >= 0.3 is 0 Å². The molecule has 0 aliphatic carbocycles. The highest BCUT2D eigenvalue weighted by Crippen LogP contribution is 2.27. The Hall–Kier alpha value is -1.88. The molecule has 4 nitrogen and oxygen atoms in total. The molecule has 0 saturated carbocycles. The molecule has 0 bridgehead atoms. The van der Waals surface area contributed by atoms with Crippen molar-refractivity contribution in [2.45, 2.75) is 6.42 Å². The Bertz CT molecular complexity index is 758. The van der Waals surface area contributed by atoms with Crippen molar-refractivity contribution in [1.29, 1.82) is 0 Å². The van der Waals surface area contributed by atoms with Crippen molar-refractivity contribution in [3.63, 3.8) is 0 Å². The van der Waals surface area contributed by atoms with Crippen molar-refractivity contribution in [1.82, 2.24) is 9.78 Å². The maximum absolute atomic E-state index is 12.2. The van der Waals surface area contributed by atoms with Gasteiger partial charge in [0.15, 0.2) is 5.76 Å². The first-order valence-electron chi connectivity index (χ1n) is 5.82. The molecule has 3 rings (SSSR count). The lowest BCUT2D eigenvalue weighted by molar-refractivity contribution is 0.0968. The Morgan fingerprint density at radius 3 is 3.00 bits per heavy atom. The van der Waals surface area contributed by atoms with Gasteiger partial charge in [-0.3, -0.25) is 9.48 Å². The second-order valence-corrected chi connectivity index (χ2v) is 5.25. The molecule has 0 fully saturated rings. The SMILES string of the molecule is Cn1cc(CC(=O)c2cc3cccc(Br)c3o2)cn1. The van der Waals surface area contributed by atoms with E-state index in [1.165, 1.54) is 0 Å². The maximum atomic E-state index is 12.2. The number of halogens is 1. The monoisotopic (exact) mass is 318 g/mol. The first-order valence-corrected chi connectivity index (χ1v) is 6.61. The average molecular weight is 319 g/mol. The Balaban J connectivity index is 1.91. The second kappa shape index (κ2) is 4.66. The second-order valence-electron chi connectivity index (χ2n) is 4.39. The van der Waals surface area contributed by atoms with Gasteiger partial charge in [-0.1, -0.05) is 12.1 Å². The summed E-state index contributed by atoms with van der Waals surface area (Å²) in [5.41, 5.74) is 1.59. The molecular weight excluding hydrogens is 308 g/mol. The van der Waals surface area contributed by atoms with E-state index in [0.29, 0.717) is 17.8 Å². The normalized spacial score (nSPS) is 11.1. The summed E-state index contributed by atoms with van der Waals surface area (Å²) in [5.74, 6) is 0.335. The van der Waals surface area contributed by atoms with Gasteiger partial charge in [0.25, 0.3) is 0 Å². The number of fused-ring (bicyclic) bond motifs is 1. The van der Waals surface area contributed by atoms with E-state index in [9.17, 15) is 4.79 Å². The Labute approximate surface area is 118 Å². The van der Waals surface area contributed by atoms with Crippen LogP contribution in [0.4, 0.5) is 0 Å². The number of aryl methyl sites for hydroxylation is 1. The van der Waals surface area contributed by atoms with Gasteiger partial charge in [-0.05, 0) is 33.6 Å². The van der Waals surface area contributed by atoms with Crippen LogP contribution in [0.2, 0.25) is 0 Å². The number of hydrogen-bond donors (Lipinski definition) is 0. The van der Waals surface area contributed by atoms with Crippen LogP contribution in [0.3, 0.4) is 0 Å². The topological polar surface area (TPSA) is 48.0 Å². The molecule has 2 heterocycles. The van der Waals surface area contributed by atoms with Gasteiger partial charge in [0.2, 0.25) is 5.78 Å². The Morgan fingerprint density at radius 1 is 1.47 bits per heavy atom. The summed E-state index contributed by atoms with van der Waals surface area (Å²) >= 11 is 3.41. The molecule has 0 spiro atoms. The first kappa shape index (κ1) is 12.2. The average Bonchev–Trinajstić information content (AvgIpc) is 2.96. The maximum Gasteiger partial charge on any atom is 0.202 e. The zero-order valence-corrected chi connectivity index (χ0v) is 11.8. The number of Topliss-reactive ketones (excluding diaryl/α,β-unsaturated/α-hetero) is 1. The van der Waals surface area contributed by atoms with Crippen LogP contribution < -0.4 is 0 Å². The lowest BCUT2D eigenvalue weighted by Gasteiger charge is -1.94. The summed E-state index contributed by atoms with van der Waals surface area (Å²) < 4.78 is 8.15. The number of carbonyl (C=O) groups is 1. The Morgan fingerprint density at radius 2 is 2.32 bits per heavy atom. The van der Waals surface area contributed by atoms with Crippen LogP contribution in [0.15, 0.2) is 45.5 Å². The van der Waals surface area contributed by atoms with E-state index >= 15 is 0 Å². The summed E-state index contributed by atoms with van der Waals surface area (Å²) in [6, 6.07) is 7.50. The van der Waals surface area contributed by atoms with Crippen molar-refractivity contribution < 1.29 is 9.21 Å². The predicted octanol–water partition coefficient (Wildman–Crippen LogP) is 3.35. The summed E-state index contributed by atoms with van der Waals surface area (Å²) in [4.78, 5) is 12.2. The van der Waals surface area contributed by atoms with E-state index in [-0.39, 0.29) is 5.78 Å². The van der Waals surface area contributed by atoms with Crippen molar-refractivity contribution in [2.75, 3.05) is 0 Å². The van der Waals surface area contributed by atoms with E-state index in [0.717, 1.165) is 15.4 Å². The largest absolute Gasteiger partial charge is 0.452 e. The summed E-state index contributed by atoms with van der Waals surface area (Å²) in [6.07, 6.45) is 3.82. The van der Waals surface area contributed by atoms with E-state index in [2.05, 4.69) is 21.0 Å². The molecule has 0 atom stereocenters. The Kier molecular flexibility index (Phi) is 2.98. The lowest BCUT2D eigenvalue weighted by atomic mass is 10.1. The summed E-state index contributed by atoms with van der Waals surface area (Å²) in [6.45, 7) is 0. The van der Waals surface area contributed by atoms with Crippen LogP contribution in [-0.4, -0.2) is 15.6 Å². The van der Waals surface area contributed by atoms with E-state index in [1.54, 1.807) is 16.9 Å². The highest BCUT2D eigenvalue weighted by atomic mass is 79.9. The molecule has 19 heavy (non-hydrogen) atoms. The van der Waals surface area contributed by atoms with Gasteiger partial charge in [0.05, 0.1) is 10.7 Å². The number of hydrogen-bond acceptors (Lipinski definition) is 3. The zero-order chi connectivity index (χ0) is 13.4. The van der Waals surface area contributed by atoms with Gasteiger partial charge in [-0.2, -0.15) is 5.10 Å². The molecule has 96 valence electrons. The molecule has 2 aromatic heterocycles. The molecule has 0 saturated heterocycles. The summed E-state index contributed by atoms with van der Waals surface area (Å²) in [5, 5.41) is 4.97. The highest BCUT2D eigenvalue weighted by molar-refractivity contribution is 9.10. The minimum absolute atomic E-state index is 0.0453. The number of benzene rings is 1. The van der Waals surface area contributed by atoms with Gasteiger partial charge in [-0.15, -0.1) is 0 Å². The fourth-order valence-corrected chi connectivity index (χ4v) is 2.46. The highest BCUT2D eigenvalue weighted by Gasteiger charge is 2.14. The van der Waals surface area contributed by atoms with Crippen molar-refractivity contribution in [3.05, 3.63) is 52.5 Å². The van der Waals surface area contributed by atoms with Crippen molar-refractivity contribution in [3.8, 4) is 0 Å². The number of nitrogens with zero attached hydrogens (tertiary/aromatic N) is 2. The molecule has 0 N–H and O–H groups in total. The van der Waals surface area contributed by atoms with E-state index in [1.807, 2.05) is 31.4 Å². The number of carbonyl (C=O) groups excluding carboxylic acids is 1. The molecule has 1 aromatic carbocycles. The molecular formula is C14H11BrN2O2. The molecule has 0 aliphatic heterocycles. The van der Waals surface area contributed by atoms with Crippen LogP contribution in [0.1, 0.15) is 16.1 Å². The minimum Gasteiger partial charge on any atom is -0.452 e. The summed E-state index contributed by atoms with van der Waals surface area (Å²) in [7, 11) is 1.83. The smallest absolute Gasteiger partial charge is 0.202 e. The molecule has 0 amide bonds. The molecule has 5 heteroatoms. The fourth-order valence-electron chi connectivity index (χ4n) is 2.00. The number of rotatable bonds is 3. The van der Waals surface area contributed by atoms with Crippen molar-refractivity contribution in [2.24, 2.45) is 7.05 Å². The number of para-hydroxylation sites is 1. The van der Waals surface area contributed by atoms with Crippen LogP contribution >= 0.6 is 15.9 Å². The van der Waals surface area contributed by atoms with E-state index in [4.69, 9.17) is 4.42 Å². The quantitative estimate of drug-likeness (QED) is 0.696. The fraction of sp³-hybridized carbons (Fsp3) is 0.143. The van der Waals surface area contributed by atoms with Gasteiger partial charge in [0, 0.05) is 25.1 Å². The first-order chi connectivity index (χ1) is 9.13. The number of aromatic nitrogens is 2. The lowest BCUT2D eigenvalue weighted by Crippen LogP contribution is -2.01. The van der Waals surface area contributed by atoms with Crippen LogP contribution in [0, 0.1) is 0 Å². The standard InChI is InChI=1S/C14H11BrN2O2/c1-17-8-9(7-16-17)5-12(18)13-6-10-3-2-4-11(15)14(10)19-13/h2-4,6-8H,5H2,1H3. The van der Waals surface area contributed by atoms with Crippen LogP contribution in [0.5, 0.6) is 0 Å². The van der Waals surface area contributed by atoms with Gasteiger partial charge in [0.1, 0.15) is 5.58 Å². The predicted molar refractivity (Wildman–Crippen MR) is 75.2 cm³/mol.